The Balaban J connectivity index is 2.49. The molecule has 7 heteroatoms. The van der Waals surface area contributed by atoms with E-state index in [1.165, 1.54) is 12.1 Å². The maximum atomic E-state index is 11.9. The van der Waals surface area contributed by atoms with E-state index in [-0.39, 0.29) is 5.75 Å². The molecule has 0 amide bonds. The summed E-state index contributed by atoms with van der Waals surface area (Å²) in [5.74, 6) is 0.153. The normalized spacial score (nSPS) is 14.2. The second kappa shape index (κ2) is 3.14. The zero-order chi connectivity index (χ0) is 11.6. The Morgan fingerprint density at radius 3 is 1.93 bits per heavy atom. The predicted molar refractivity (Wildman–Crippen MR) is 42.3 cm³/mol. The number of halogens is 5. The van der Waals surface area contributed by atoms with Crippen LogP contribution in [0.5, 0.6) is 5.75 Å². The molecule has 0 aliphatic carbocycles. The number of hydrogen-bond acceptors (Lipinski definition) is 1. The Morgan fingerprint density at radius 2 is 1.47 bits per heavy atom. The molecule has 0 radical (unpaired) electrons. The summed E-state index contributed by atoms with van der Waals surface area (Å²) in [6.07, 6.45) is 0. The van der Waals surface area contributed by atoms with Crippen molar-refractivity contribution in [1.29, 1.82) is 0 Å². The van der Waals surface area contributed by atoms with E-state index in [9.17, 15) is 16.6 Å². The van der Waals surface area contributed by atoms with Crippen LogP contribution >= 0.6 is 0 Å². The molecule has 1 aromatic carbocycles. The molecule has 0 fully saturated rings. The molecule has 1 aromatic rings. The number of benzene rings is 1. The Kier molecular flexibility index (Phi) is 2.59. The summed E-state index contributed by atoms with van der Waals surface area (Å²) in [6.45, 7) is -1.03. The van der Waals surface area contributed by atoms with Crippen LogP contribution in [-0.2, 0) is 14.9 Å². The van der Waals surface area contributed by atoms with Gasteiger partial charge in [-0.05, 0) is 0 Å². The van der Waals surface area contributed by atoms with Crippen molar-refractivity contribution in [2.24, 2.45) is 0 Å². The van der Waals surface area contributed by atoms with Gasteiger partial charge in [-0.1, -0.05) is 0 Å². The molecule has 84 valence electrons. The minimum absolute atomic E-state index is 0.153. The number of rotatable bonds is 4. The molecule has 0 aliphatic heterocycles. The van der Waals surface area contributed by atoms with Gasteiger partial charge < -0.3 is 0 Å². The maximum absolute atomic E-state index is 11.9. The van der Waals surface area contributed by atoms with Gasteiger partial charge in [-0.3, -0.25) is 0 Å². The second-order valence-electron chi connectivity index (χ2n) is 3.97. The molecule has 0 unspecified atom stereocenters. The van der Waals surface area contributed by atoms with Crippen molar-refractivity contribution in [1.82, 2.24) is 0 Å². The Labute approximate surface area is 84.4 Å². The molecule has 0 saturated heterocycles. The second-order valence-corrected chi connectivity index (χ2v) is 13.7. The topological polar surface area (TPSA) is 9.23 Å². The predicted octanol–water partition coefficient (Wildman–Crippen LogP) is 4.13. The van der Waals surface area contributed by atoms with E-state index in [2.05, 4.69) is 4.74 Å². The van der Waals surface area contributed by atoms with Crippen LogP contribution in [0.25, 0.3) is 0 Å². The fraction of sp³-hybridized carbons (Fsp3) is 0.250. The summed E-state index contributed by atoms with van der Waals surface area (Å²) < 4.78 is 64.2. The molecule has 0 spiro atoms. The molecule has 0 saturated carbocycles. The van der Waals surface area contributed by atoms with Gasteiger partial charge in [-0.25, -0.2) is 0 Å². The van der Waals surface area contributed by atoms with Crippen molar-refractivity contribution in [3.8, 4) is 5.75 Å². The molecule has 0 atom stereocenters. The first-order valence-corrected chi connectivity index (χ1v) is 12.4. The van der Waals surface area contributed by atoms with Gasteiger partial charge in [-0.15, -0.1) is 0 Å². The van der Waals surface area contributed by atoms with E-state index in [4.69, 9.17) is 0 Å². The van der Waals surface area contributed by atoms with Crippen LogP contribution in [0.15, 0.2) is 30.3 Å². The van der Waals surface area contributed by atoms with Crippen LogP contribution < -0.4 is 4.74 Å². The Bertz CT molecular complexity index is 332. The van der Waals surface area contributed by atoms with E-state index in [0.29, 0.717) is 0 Å². The van der Waals surface area contributed by atoms with Crippen molar-refractivity contribution < 1.29 is 36.2 Å². The van der Waals surface area contributed by atoms with Gasteiger partial charge >= 0.3 is 83.9 Å². The van der Waals surface area contributed by atoms with Gasteiger partial charge in [-0.2, -0.15) is 0 Å². The van der Waals surface area contributed by atoms with Gasteiger partial charge in [0.2, 0.25) is 0 Å². The van der Waals surface area contributed by atoms with Crippen LogP contribution in [0.4, 0.5) is 16.6 Å². The van der Waals surface area contributed by atoms with Crippen LogP contribution in [0, 0.1) is 0 Å². The summed E-state index contributed by atoms with van der Waals surface area (Å²) >= 11 is -10.3. The van der Waals surface area contributed by atoms with Gasteiger partial charge in [0.25, 0.3) is 0 Å². The molecule has 15 heavy (non-hydrogen) atoms. The zero-order valence-corrected chi connectivity index (χ0v) is 10.8. The van der Waals surface area contributed by atoms with Gasteiger partial charge in [0, 0.05) is 0 Å². The van der Waals surface area contributed by atoms with Gasteiger partial charge in [0.15, 0.2) is 0 Å². The SMILES string of the molecule is [F][Zn]([F])([F])([F])([F])[CH2]COc1ccccc1. The van der Waals surface area contributed by atoms with Gasteiger partial charge in [0.1, 0.15) is 0 Å². The fourth-order valence-corrected chi connectivity index (χ4v) is 2.43. The van der Waals surface area contributed by atoms with Crippen molar-refractivity contribution >= 4 is 0 Å². The molecular formula is C8H9F5OZn. The summed E-state index contributed by atoms with van der Waals surface area (Å²) in [5, 5.41) is -2.11. The monoisotopic (exact) mass is 280 g/mol. The average Bonchev–Trinajstić information content (AvgIpc) is 2.01. The van der Waals surface area contributed by atoms with E-state index in [1.54, 1.807) is 18.2 Å². The van der Waals surface area contributed by atoms with Crippen molar-refractivity contribution in [2.45, 2.75) is 5.02 Å². The quantitative estimate of drug-likeness (QED) is 0.595. The first kappa shape index (κ1) is 12.4. The molecular weight excluding hydrogens is 272 g/mol. The number of para-hydroxylation sites is 1. The first-order chi connectivity index (χ1) is 6.55. The molecule has 1 rings (SSSR count). The van der Waals surface area contributed by atoms with Crippen molar-refractivity contribution in [3.63, 3.8) is 0 Å². The third kappa shape index (κ3) is 6.39. The van der Waals surface area contributed by atoms with E-state index >= 15 is 0 Å². The van der Waals surface area contributed by atoms with E-state index in [0.717, 1.165) is 0 Å². The number of hydrogen-bond donors (Lipinski definition) is 0. The molecule has 1 nitrogen and oxygen atoms in total. The summed E-state index contributed by atoms with van der Waals surface area (Å²) in [5.41, 5.74) is 0. The first-order valence-electron chi connectivity index (χ1n) is 4.74. The molecule has 0 aromatic heterocycles. The van der Waals surface area contributed by atoms with Crippen LogP contribution in [0.2, 0.25) is 5.02 Å². The Morgan fingerprint density at radius 1 is 0.933 bits per heavy atom. The van der Waals surface area contributed by atoms with Crippen molar-refractivity contribution in [2.75, 3.05) is 6.61 Å². The fourth-order valence-electron chi connectivity index (χ4n) is 0.980. The zero-order valence-electron chi connectivity index (χ0n) is 7.81. The van der Waals surface area contributed by atoms with E-state index < -0.39 is 26.5 Å². The molecule has 0 bridgehead atoms. The Hall–Kier alpha value is -0.707. The van der Waals surface area contributed by atoms with Gasteiger partial charge in [0.05, 0.1) is 0 Å². The molecule has 0 heterocycles. The molecule has 0 N–H and O–H groups in total. The third-order valence-electron chi connectivity index (χ3n) is 1.82. The van der Waals surface area contributed by atoms with E-state index in [1.807, 2.05) is 0 Å². The summed E-state index contributed by atoms with van der Waals surface area (Å²) in [4.78, 5) is 0. The molecule has 0 aliphatic rings. The van der Waals surface area contributed by atoms with Crippen molar-refractivity contribution in [3.05, 3.63) is 30.3 Å². The summed E-state index contributed by atoms with van der Waals surface area (Å²) in [6, 6.07) is 7.54. The summed E-state index contributed by atoms with van der Waals surface area (Å²) in [7, 11) is 0. The standard InChI is InChI=1S/C8H9O.5FH.Zn/c1-2-9-8-6-4-3-5-7-8;;;;;;/h3-7H,1-2H2;5*1H;/q;;;;;;+5/p-5. The minimum atomic E-state index is -10.3. The van der Waals surface area contributed by atoms with Crippen LogP contribution in [-0.4, -0.2) is 6.61 Å². The van der Waals surface area contributed by atoms with Crippen LogP contribution in [0.1, 0.15) is 0 Å². The number of ether oxygens (including phenoxy) is 1. The third-order valence-corrected chi connectivity index (χ3v) is 5.23. The average molecular weight is 282 g/mol. The van der Waals surface area contributed by atoms with Crippen LogP contribution in [0.3, 0.4) is 0 Å².